The Balaban J connectivity index is 1.12. The predicted octanol–water partition coefficient (Wildman–Crippen LogP) is 11.8. The molecule has 0 N–H and O–H groups in total. The molecule has 0 aliphatic rings. The van der Waals surface area contributed by atoms with Gasteiger partial charge < -0.3 is 4.57 Å². The van der Waals surface area contributed by atoms with Crippen molar-refractivity contribution in [2.24, 2.45) is 0 Å². The van der Waals surface area contributed by atoms with Gasteiger partial charge >= 0.3 is 0 Å². The molecule has 0 unspecified atom stereocenters. The second kappa shape index (κ2) is 11.1. The lowest BCUT2D eigenvalue weighted by Gasteiger charge is -2.11. The molecule has 0 spiro atoms. The van der Waals surface area contributed by atoms with Gasteiger partial charge in [0.25, 0.3) is 0 Å². The van der Waals surface area contributed by atoms with Crippen LogP contribution in [0.2, 0.25) is 0 Å². The van der Waals surface area contributed by atoms with Gasteiger partial charge in [0.05, 0.1) is 23.1 Å². The molecule has 0 aliphatic heterocycles. The van der Waals surface area contributed by atoms with E-state index in [9.17, 15) is 0 Å². The van der Waals surface area contributed by atoms with E-state index in [1.54, 1.807) is 0 Å². The topological polar surface area (TPSA) is 22.8 Å². The molecule has 230 valence electrons. The number of fused-ring (bicyclic) bond motifs is 8. The number of nitrogens with zero attached hydrogens (tertiary/aromatic N) is 3. The van der Waals surface area contributed by atoms with Crippen LogP contribution in [-0.2, 0) is 6.54 Å². The van der Waals surface area contributed by atoms with Crippen molar-refractivity contribution in [3.63, 3.8) is 0 Å². The summed E-state index contributed by atoms with van der Waals surface area (Å²) in [6.45, 7) is 0.662. The van der Waals surface area contributed by atoms with Crippen LogP contribution in [0.25, 0.3) is 82.3 Å². The van der Waals surface area contributed by atoms with Crippen LogP contribution in [0.15, 0.2) is 176 Å². The third-order valence-electron chi connectivity index (χ3n) is 9.95. The molecular formula is C46H31N3. The number of benzene rings is 8. The Bertz CT molecular complexity index is 2760. The third kappa shape index (κ3) is 4.47. The zero-order chi connectivity index (χ0) is 32.3. The molecule has 0 saturated carbocycles. The van der Waals surface area contributed by atoms with Crippen molar-refractivity contribution < 1.29 is 0 Å². The van der Waals surface area contributed by atoms with E-state index in [-0.39, 0.29) is 0 Å². The summed E-state index contributed by atoms with van der Waals surface area (Å²) in [7, 11) is 0. The minimum Gasteiger partial charge on any atom is -0.309 e. The Hall–Kier alpha value is -6.45. The molecule has 3 heteroatoms. The quantitative estimate of drug-likeness (QED) is 0.187. The van der Waals surface area contributed by atoms with Gasteiger partial charge in [-0.15, -0.1) is 0 Å². The van der Waals surface area contributed by atoms with E-state index < -0.39 is 0 Å². The lowest BCUT2D eigenvalue weighted by atomic mass is 10.00. The average Bonchev–Trinajstić information content (AvgIpc) is 3.72. The van der Waals surface area contributed by atoms with Gasteiger partial charge in [-0.25, -0.2) is 0 Å². The number of hydrogen-bond donors (Lipinski definition) is 0. The van der Waals surface area contributed by atoms with E-state index in [1.165, 1.54) is 60.0 Å². The largest absolute Gasteiger partial charge is 0.309 e. The molecule has 10 aromatic rings. The van der Waals surface area contributed by atoms with E-state index in [0.29, 0.717) is 6.54 Å². The molecule has 0 amide bonds. The van der Waals surface area contributed by atoms with Gasteiger partial charge in [0.1, 0.15) is 5.69 Å². The number of aromatic nitrogens is 3. The van der Waals surface area contributed by atoms with Crippen molar-refractivity contribution in [3.8, 4) is 28.1 Å². The first-order valence-corrected chi connectivity index (χ1v) is 16.8. The first-order valence-electron chi connectivity index (χ1n) is 16.8. The van der Waals surface area contributed by atoms with Crippen molar-refractivity contribution in [2.45, 2.75) is 6.54 Å². The standard InChI is InChI=1S/C46H31N3/c1-2-13-32(14-3-1)35-17-11-18-36(29-35)46-40-22-8-9-23-41(40)48(47-46)30-31-12-10-19-37(28-31)49-42-26-24-33-15-4-6-20-38(33)44(42)45-39-21-7-5-16-34(39)25-27-43(45)49/h1-29H,30H2. The maximum atomic E-state index is 5.26. The van der Waals surface area contributed by atoms with Crippen LogP contribution in [-0.4, -0.2) is 14.3 Å². The number of para-hydroxylation sites is 1. The number of hydrogen-bond acceptors (Lipinski definition) is 1. The predicted molar refractivity (Wildman–Crippen MR) is 205 cm³/mol. The monoisotopic (exact) mass is 625 g/mol. The molecule has 2 aromatic heterocycles. The van der Waals surface area contributed by atoms with Crippen LogP contribution in [0.3, 0.4) is 0 Å². The van der Waals surface area contributed by atoms with Crippen molar-refractivity contribution in [3.05, 3.63) is 181 Å². The molecule has 8 aromatic carbocycles. The van der Waals surface area contributed by atoms with Crippen molar-refractivity contribution in [2.75, 3.05) is 0 Å². The van der Waals surface area contributed by atoms with Gasteiger partial charge in [0, 0.05) is 27.4 Å². The lowest BCUT2D eigenvalue weighted by molar-refractivity contribution is 0.714. The van der Waals surface area contributed by atoms with Gasteiger partial charge in [-0.1, -0.05) is 140 Å². The fraction of sp³-hybridized carbons (Fsp3) is 0.0217. The summed E-state index contributed by atoms with van der Waals surface area (Å²) in [6.07, 6.45) is 0. The van der Waals surface area contributed by atoms with E-state index >= 15 is 0 Å². The van der Waals surface area contributed by atoms with Crippen LogP contribution in [0.4, 0.5) is 0 Å². The molecular weight excluding hydrogens is 595 g/mol. The van der Waals surface area contributed by atoms with E-state index in [1.807, 2.05) is 0 Å². The lowest BCUT2D eigenvalue weighted by Crippen LogP contribution is -2.03. The molecule has 2 heterocycles. The molecule has 49 heavy (non-hydrogen) atoms. The minimum absolute atomic E-state index is 0.662. The summed E-state index contributed by atoms with van der Waals surface area (Å²) in [6, 6.07) is 63.4. The SMILES string of the molecule is c1ccc(-c2cccc(-c3nn(Cc4cccc(-n5c6ccc7ccccc7c6c6c7ccccc7ccc65)c4)c4ccccc34)c2)cc1. The van der Waals surface area contributed by atoms with Gasteiger partial charge in [-0.2, -0.15) is 5.10 Å². The molecule has 3 nitrogen and oxygen atoms in total. The molecule has 0 fully saturated rings. The summed E-state index contributed by atoms with van der Waals surface area (Å²) >= 11 is 0. The highest BCUT2D eigenvalue weighted by molar-refractivity contribution is 6.28. The third-order valence-corrected chi connectivity index (χ3v) is 9.95. The highest BCUT2D eigenvalue weighted by atomic mass is 15.3. The van der Waals surface area contributed by atoms with Crippen molar-refractivity contribution >= 4 is 54.3 Å². The molecule has 0 bridgehead atoms. The molecule has 0 saturated heterocycles. The van der Waals surface area contributed by atoms with Crippen molar-refractivity contribution in [1.82, 2.24) is 14.3 Å². The Kier molecular flexibility index (Phi) is 6.25. The van der Waals surface area contributed by atoms with E-state index in [0.717, 1.165) is 27.8 Å². The maximum absolute atomic E-state index is 5.26. The average molecular weight is 626 g/mol. The van der Waals surface area contributed by atoms with Gasteiger partial charge in [-0.05, 0) is 74.6 Å². The fourth-order valence-electron chi connectivity index (χ4n) is 7.73. The summed E-state index contributed by atoms with van der Waals surface area (Å²) in [5.41, 5.74) is 10.4. The normalized spacial score (nSPS) is 11.8. The second-order valence-corrected chi connectivity index (χ2v) is 12.8. The van der Waals surface area contributed by atoms with Crippen LogP contribution < -0.4 is 0 Å². The van der Waals surface area contributed by atoms with Crippen molar-refractivity contribution in [1.29, 1.82) is 0 Å². The van der Waals surface area contributed by atoms with Gasteiger partial charge in [-0.3, -0.25) is 4.68 Å². The van der Waals surface area contributed by atoms with Gasteiger partial charge in [0.2, 0.25) is 0 Å². The molecule has 0 atom stereocenters. The first-order chi connectivity index (χ1) is 24.3. The zero-order valence-corrected chi connectivity index (χ0v) is 26.8. The van der Waals surface area contributed by atoms with Crippen LogP contribution >= 0.6 is 0 Å². The number of rotatable bonds is 5. The summed E-state index contributed by atoms with van der Waals surface area (Å²) < 4.78 is 4.60. The first kappa shape index (κ1) is 27.6. The second-order valence-electron chi connectivity index (χ2n) is 12.8. The van der Waals surface area contributed by atoms with Crippen LogP contribution in [0.5, 0.6) is 0 Å². The Morgan fingerprint density at radius 2 is 1.00 bits per heavy atom. The Morgan fingerprint density at radius 1 is 0.408 bits per heavy atom. The summed E-state index contributed by atoms with van der Waals surface area (Å²) in [5.74, 6) is 0. The Labute approximate surface area is 283 Å². The van der Waals surface area contributed by atoms with E-state index in [4.69, 9.17) is 5.10 Å². The zero-order valence-electron chi connectivity index (χ0n) is 26.8. The van der Waals surface area contributed by atoms with Crippen LogP contribution in [0, 0.1) is 0 Å². The Morgan fingerprint density at radius 3 is 1.73 bits per heavy atom. The fourth-order valence-corrected chi connectivity index (χ4v) is 7.73. The maximum Gasteiger partial charge on any atom is 0.100 e. The molecule has 0 radical (unpaired) electrons. The van der Waals surface area contributed by atoms with Gasteiger partial charge in [0.15, 0.2) is 0 Å². The molecule has 10 rings (SSSR count). The highest BCUT2D eigenvalue weighted by Crippen LogP contribution is 2.40. The summed E-state index contributed by atoms with van der Waals surface area (Å²) in [4.78, 5) is 0. The minimum atomic E-state index is 0.662. The summed E-state index contributed by atoms with van der Waals surface area (Å²) in [5, 5.41) is 14.1. The smallest absolute Gasteiger partial charge is 0.100 e. The van der Waals surface area contributed by atoms with Crippen LogP contribution in [0.1, 0.15) is 5.56 Å². The van der Waals surface area contributed by atoms with E-state index in [2.05, 4.69) is 185 Å². The molecule has 0 aliphatic carbocycles. The highest BCUT2D eigenvalue weighted by Gasteiger charge is 2.18.